The first kappa shape index (κ1) is 14.4. The van der Waals surface area contributed by atoms with Gasteiger partial charge in [0.05, 0.1) is 5.41 Å². The Bertz CT molecular complexity index is 456. The van der Waals surface area contributed by atoms with E-state index in [1.807, 2.05) is 0 Å². The van der Waals surface area contributed by atoms with E-state index in [4.69, 9.17) is 5.11 Å². The van der Waals surface area contributed by atoms with Crippen molar-refractivity contribution in [2.45, 2.75) is 33.1 Å². The van der Waals surface area contributed by atoms with Crippen molar-refractivity contribution in [2.75, 3.05) is 0 Å². The first-order chi connectivity index (χ1) is 8.37. The van der Waals surface area contributed by atoms with Crippen molar-refractivity contribution in [3.63, 3.8) is 0 Å². The molecule has 3 nitrogen and oxygen atoms in total. The third-order valence-corrected chi connectivity index (χ3v) is 3.17. The summed E-state index contributed by atoms with van der Waals surface area (Å²) >= 11 is 0. The molecule has 4 heteroatoms. The van der Waals surface area contributed by atoms with Crippen LogP contribution in [0.1, 0.15) is 32.3 Å². The highest BCUT2D eigenvalue weighted by molar-refractivity contribution is 5.87. The van der Waals surface area contributed by atoms with E-state index < -0.39 is 17.2 Å². The molecule has 0 radical (unpaired) electrons. The largest absolute Gasteiger partial charge is 0.481 e. The summed E-state index contributed by atoms with van der Waals surface area (Å²) in [5.74, 6) is -1.55. The Kier molecular flexibility index (Phi) is 4.59. The van der Waals surface area contributed by atoms with Gasteiger partial charge in [-0.15, -0.1) is 0 Å². The van der Waals surface area contributed by atoms with Crippen LogP contribution in [0.4, 0.5) is 4.39 Å². The Labute approximate surface area is 106 Å². The lowest BCUT2D eigenvalue weighted by Gasteiger charge is -2.21. The quantitative estimate of drug-likeness (QED) is 0.847. The Hall–Kier alpha value is -1.71. The molecule has 1 rings (SSSR count). The Morgan fingerprint density at radius 2 is 2.06 bits per heavy atom. The molecule has 1 atom stereocenters. The summed E-state index contributed by atoms with van der Waals surface area (Å²) in [6, 6.07) is 5.79. The van der Waals surface area contributed by atoms with Gasteiger partial charge in [0.1, 0.15) is 11.6 Å². The van der Waals surface area contributed by atoms with Crippen molar-refractivity contribution in [1.82, 2.24) is 0 Å². The van der Waals surface area contributed by atoms with Crippen molar-refractivity contribution in [1.29, 1.82) is 0 Å². The highest BCUT2D eigenvalue weighted by Crippen LogP contribution is 2.27. The van der Waals surface area contributed by atoms with Crippen LogP contribution in [-0.2, 0) is 16.0 Å². The van der Waals surface area contributed by atoms with Crippen molar-refractivity contribution >= 4 is 11.8 Å². The second kappa shape index (κ2) is 5.76. The smallest absolute Gasteiger partial charge is 0.309 e. The number of halogens is 1. The van der Waals surface area contributed by atoms with Crippen LogP contribution in [0.2, 0.25) is 0 Å². The summed E-state index contributed by atoms with van der Waals surface area (Å²) in [5.41, 5.74) is -0.464. The van der Waals surface area contributed by atoms with Crippen LogP contribution in [0.5, 0.6) is 0 Å². The lowest BCUT2D eigenvalue weighted by molar-refractivity contribution is -0.150. The molecule has 0 aromatic heterocycles. The lowest BCUT2D eigenvalue weighted by atomic mass is 9.81. The minimum atomic E-state index is -1.04. The van der Waals surface area contributed by atoms with E-state index in [1.54, 1.807) is 19.9 Å². The van der Waals surface area contributed by atoms with E-state index in [-0.39, 0.29) is 18.6 Å². The number of carbonyl (C=O) groups is 2. The molecule has 0 unspecified atom stereocenters. The summed E-state index contributed by atoms with van der Waals surface area (Å²) in [6.45, 7) is 3.29. The molecule has 1 N–H and O–H groups in total. The highest BCUT2D eigenvalue weighted by Gasteiger charge is 2.33. The molecular formula is C14H17FO3. The third kappa shape index (κ3) is 3.65. The average molecular weight is 252 g/mol. The maximum absolute atomic E-state index is 12.9. The third-order valence-electron chi connectivity index (χ3n) is 3.17. The number of aliphatic carboxylic acids is 1. The molecule has 0 saturated carbocycles. The number of benzene rings is 1. The summed E-state index contributed by atoms with van der Waals surface area (Å²) < 4.78 is 12.9. The molecule has 0 heterocycles. The summed E-state index contributed by atoms with van der Waals surface area (Å²) in [7, 11) is 0. The number of rotatable bonds is 6. The summed E-state index contributed by atoms with van der Waals surface area (Å²) in [5, 5.41) is 9.08. The van der Waals surface area contributed by atoms with E-state index in [2.05, 4.69) is 0 Å². The van der Waals surface area contributed by atoms with E-state index in [0.717, 1.165) is 0 Å². The van der Waals surface area contributed by atoms with Crippen LogP contribution in [0.3, 0.4) is 0 Å². The predicted octanol–water partition coefficient (Wildman–Crippen LogP) is 2.83. The topological polar surface area (TPSA) is 54.4 Å². The van der Waals surface area contributed by atoms with Gasteiger partial charge < -0.3 is 5.11 Å². The van der Waals surface area contributed by atoms with E-state index in [9.17, 15) is 14.0 Å². The first-order valence-electron chi connectivity index (χ1n) is 5.87. The average Bonchev–Trinajstić information content (AvgIpc) is 2.28. The van der Waals surface area contributed by atoms with Gasteiger partial charge in [-0.05, 0) is 31.0 Å². The zero-order valence-corrected chi connectivity index (χ0v) is 10.6. The minimum Gasteiger partial charge on any atom is -0.481 e. The number of carboxylic acids is 1. The van der Waals surface area contributed by atoms with Gasteiger partial charge in [0.15, 0.2) is 0 Å². The van der Waals surface area contributed by atoms with Gasteiger partial charge in [0.2, 0.25) is 0 Å². The van der Waals surface area contributed by atoms with Gasteiger partial charge in [0.25, 0.3) is 0 Å². The van der Waals surface area contributed by atoms with Crippen LogP contribution in [0.15, 0.2) is 24.3 Å². The van der Waals surface area contributed by atoms with Gasteiger partial charge >= 0.3 is 5.97 Å². The molecule has 0 aliphatic carbocycles. The molecule has 0 amide bonds. The van der Waals surface area contributed by atoms with Crippen molar-refractivity contribution < 1.29 is 19.1 Å². The molecule has 0 fully saturated rings. The Morgan fingerprint density at radius 3 is 2.56 bits per heavy atom. The molecule has 0 aliphatic heterocycles. The second-order valence-electron chi connectivity index (χ2n) is 4.74. The standard InChI is InChI=1S/C14H17FO3/c1-3-14(2,13(17)18)9-12(16)8-10-5-4-6-11(15)7-10/h4-7H,3,8-9H2,1-2H3,(H,17,18)/t14-/m0/s1. The molecule has 0 bridgehead atoms. The fourth-order valence-electron chi connectivity index (χ4n) is 1.72. The highest BCUT2D eigenvalue weighted by atomic mass is 19.1. The second-order valence-corrected chi connectivity index (χ2v) is 4.74. The molecule has 1 aromatic rings. The molecule has 18 heavy (non-hydrogen) atoms. The van der Waals surface area contributed by atoms with Gasteiger partial charge in [-0.25, -0.2) is 4.39 Å². The zero-order valence-electron chi connectivity index (χ0n) is 10.6. The summed E-state index contributed by atoms with van der Waals surface area (Å²) in [4.78, 5) is 22.9. The van der Waals surface area contributed by atoms with Gasteiger partial charge in [-0.3, -0.25) is 9.59 Å². The number of carboxylic acid groups (broad SMARTS) is 1. The zero-order chi connectivity index (χ0) is 13.8. The number of carbonyl (C=O) groups excluding carboxylic acids is 1. The van der Waals surface area contributed by atoms with Crippen LogP contribution < -0.4 is 0 Å². The maximum atomic E-state index is 12.9. The molecule has 0 saturated heterocycles. The van der Waals surface area contributed by atoms with Crippen LogP contribution in [0.25, 0.3) is 0 Å². The fraction of sp³-hybridized carbons (Fsp3) is 0.429. The lowest BCUT2D eigenvalue weighted by Crippen LogP contribution is -2.30. The Morgan fingerprint density at radius 1 is 1.39 bits per heavy atom. The van der Waals surface area contributed by atoms with Crippen LogP contribution >= 0.6 is 0 Å². The van der Waals surface area contributed by atoms with Crippen molar-refractivity contribution in [3.05, 3.63) is 35.6 Å². The molecule has 0 aliphatic rings. The normalized spacial score (nSPS) is 13.9. The SMILES string of the molecule is CC[C@@](C)(CC(=O)Cc1cccc(F)c1)C(=O)O. The van der Waals surface area contributed by atoms with Gasteiger partial charge in [-0.1, -0.05) is 19.1 Å². The van der Waals surface area contributed by atoms with Gasteiger partial charge in [-0.2, -0.15) is 0 Å². The molecule has 98 valence electrons. The Balaban J connectivity index is 2.70. The fourth-order valence-corrected chi connectivity index (χ4v) is 1.72. The predicted molar refractivity (Wildman–Crippen MR) is 65.8 cm³/mol. The monoisotopic (exact) mass is 252 g/mol. The first-order valence-corrected chi connectivity index (χ1v) is 5.87. The minimum absolute atomic E-state index is 0.0324. The number of hydrogen-bond donors (Lipinski definition) is 1. The van der Waals surface area contributed by atoms with Gasteiger partial charge in [0, 0.05) is 12.8 Å². The van der Waals surface area contributed by atoms with E-state index >= 15 is 0 Å². The molecule has 0 spiro atoms. The summed E-state index contributed by atoms with van der Waals surface area (Å²) in [6.07, 6.45) is 0.424. The molecule has 1 aromatic carbocycles. The maximum Gasteiger partial charge on any atom is 0.309 e. The van der Waals surface area contributed by atoms with Crippen molar-refractivity contribution in [3.8, 4) is 0 Å². The van der Waals surface area contributed by atoms with E-state index in [1.165, 1.54) is 18.2 Å². The van der Waals surface area contributed by atoms with Crippen molar-refractivity contribution in [2.24, 2.45) is 5.41 Å². The number of ketones is 1. The van der Waals surface area contributed by atoms with E-state index in [0.29, 0.717) is 12.0 Å². The number of hydrogen-bond acceptors (Lipinski definition) is 2. The van der Waals surface area contributed by atoms with Crippen LogP contribution in [0, 0.1) is 11.2 Å². The van der Waals surface area contributed by atoms with Crippen LogP contribution in [-0.4, -0.2) is 16.9 Å². The molecular weight excluding hydrogens is 235 g/mol. The number of Topliss-reactive ketones (excluding diaryl/α,β-unsaturated/α-hetero) is 1.